The summed E-state index contributed by atoms with van der Waals surface area (Å²) in [6.07, 6.45) is 2.07. The van der Waals surface area contributed by atoms with Crippen LogP contribution in [0.25, 0.3) is 11.1 Å². The number of benzene rings is 1. The van der Waals surface area contributed by atoms with Crippen LogP contribution in [0.4, 0.5) is 0 Å². The van der Waals surface area contributed by atoms with Crippen molar-refractivity contribution in [3.8, 4) is 34.1 Å². The van der Waals surface area contributed by atoms with Crippen molar-refractivity contribution in [3.05, 3.63) is 45.6 Å². The Kier molecular flexibility index (Phi) is 7.05. The van der Waals surface area contributed by atoms with E-state index in [-0.39, 0.29) is 23.1 Å². The number of amides is 1. The van der Waals surface area contributed by atoms with E-state index in [0.717, 1.165) is 28.7 Å². The van der Waals surface area contributed by atoms with Crippen LogP contribution in [-0.4, -0.2) is 33.8 Å². The molecule has 1 aliphatic rings. The third-order valence-electron chi connectivity index (χ3n) is 5.34. The molecule has 2 aromatic rings. The van der Waals surface area contributed by atoms with Gasteiger partial charge in [-0.05, 0) is 54.2 Å². The van der Waals surface area contributed by atoms with Gasteiger partial charge < -0.3 is 24.3 Å². The van der Waals surface area contributed by atoms with Crippen LogP contribution in [0.2, 0.25) is 0 Å². The molecule has 0 saturated heterocycles. The number of carbonyl (C=O) groups excluding carboxylic acids is 1. The second-order valence-corrected chi connectivity index (χ2v) is 7.39. The van der Waals surface area contributed by atoms with Gasteiger partial charge >= 0.3 is 0 Å². The maximum absolute atomic E-state index is 12.9. The van der Waals surface area contributed by atoms with Crippen molar-refractivity contribution in [2.75, 3.05) is 27.9 Å². The van der Waals surface area contributed by atoms with Crippen LogP contribution < -0.4 is 29.7 Å². The minimum absolute atomic E-state index is 0.162. The predicted octanol–water partition coefficient (Wildman–Crippen LogP) is 3.65. The number of nitrogens with one attached hydrogen (secondary N) is 1. The van der Waals surface area contributed by atoms with E-state index in [1.807, 2.05) is 19.1 Å². The second kappa shape index (κ2) is 9.73. The first-order valence-electron chi connectivity index (χ1n) is 10.3. The average molecular weight is 427 g/mol. The fourth-order valence-electron chi connectivity index (χ4n) is 4.02. The first-order chi connectivity index (χ1) is 14.9. The highest BCUT2D eigenvalue weighted by molar-refractivity contribution is 5.83. The second-order valence-electron chi connectivity index (χ2n) is 7.39. The molecule has 0 aliphatic heterocycles. The van der Waals surface area contributed by atoms with Gasteiger partial charge in [-0.2, -0.15) is 0 Å². The van der Waals surface area contributed by atoms with Gasteiger partial charge in [-0.3, -0.25) is 9.59 Å². The molecule has 3 rings (SSSR count). The molecule has 7 nitrogen and oxygen atoms in total. The molecule has 1 aliphatic carbocycles. The summed E-state index contributed by atoms with van der Waals surface area (Å²) in [6, 6.07) is 6.70. The number of rotatable bonds is 7. The van der Waals surface area contributed by atoms with Gasteiger partial charge in [0.15, 0.2) is 17.2 Å². The molecule has 31 heavy (non-hydrogen) atoms. The zero-order valence-electron chi connectivity index (χ0n) is 18.7. The zero-order chi connectivity index (χ0) is 22.5. The van der Waals surface area contributed by atoms with Crippen LogP contribution in [0, 0.1) is 0 Å². The Morgan fingerprint density at radius 1 is 1.06 bits per heavy atom. The molecule has 2 aromatic carbocycles. The normalized spacial score (nSPS) is 14.5. The minimum atomic E-state index is -0.333. The molecule has 166 valence electrons. The monoisotopic (exact) mass is 427 g/mol. The first kappa shape index (κ1) is 22.5. The molecule has 0 radical (unpaired) electrons. The van der Waals surface area contributed by atoms with E-state index < -0.39 is 0 Å². The van der Waals surface area contributed by atoms with Crippen LogP contribution in [0.15, 0.2) is 29.1 Å². The quantitative estimate of drug-likeness (QED) is 0.726. The molecule has 1 N–H and O–H groups in total. The fraction of sp³-hybridized carbons (Fsp3) is 0.417. The van der Waals surface area contributed by atoms with Crippen molar-refractivity contribution >= 4 is 5.91 Å². The molecule has 0 bridgehead atoms. The van der Waals surface area contributed by atoms with Crippen molar-refractivity contribution in [2.45, 2.75) is 39.2 Å². The topological polar surface area (TPSA) is 83.1 Å². The molecule has 0 fully saturated rings. The van der Waals surface area contributed by atoms with Gasteiger partial charge in [-0.15, -0.1) is 0 Å². The van der Waals surface area contributed by atoms with E-state index in [1.165, 1.54) is 6.92 Å². The summed E-state index contributed by atoms with van der Waals surface area (Å²) in [5, 5.41) is 2.99. The van der Waals surface area contributed by atoms with Crippen LogP contribution in [0.5, 0.6) is 23.0 Å². The minimum Gasteiger partial charge on any atom is -0.493 e. The van der Waals surface area contributed by atoms with E-state index in [9.17, 15) is 9.59 Å². The van der Waals surface area contributed by atoms with Gasteiger partial charge in [-0.1, -0.05) is 13.0 Å². The number of aryl methyl sites for hydroxylation is 1. The number of fused-ring (bicyclic) bond motifs is 3. The lowest BCUT2D eigenvalue weighted by Crippen LogP contribution is -2.26. The summed E-state index contributed by atoms with van der Waals surface area (Å²) in [7, 11) is 4.71. The lowest BCUT2D eigenvalue weighted by Gasteiger charge is -2.19. The summed E-state index contributed by atoms with van der Waals surface area (Å²) in [5.41, 5.74) is 3.08. The molecular weight excluding hydrogens is 398 g/mol. The molecule has 1 amide bonds. The van der Waals surface area contributed by atoms with Gasteiger partial charge in [0.25, 0.3) is 0 Å². The number of methoxy groups -OCH3 is 3. The Hall–Kier alpha value is -3.22. The summed E-state index contributed by atoms with van der Waals surface area (Å²) in [5.74, 6) is 1.68. The number of carbonyl (C=O) groups is 1. The number of hydrogen-bond acceptors (Lipinski definition) is 6. The van der Waals surface area contributed by atoms with Crippen LogP contribution in [0.3, 0.4) is 0 Å². The van der Waals surface area contributed by atoms with Crippen molar-refractivity contribution in [1.29, 1.82) is 0 Å². The highest BCUT2D eigenvalue weighted by Crippen LogP contribution is 2.50. The van der Waals surface area contributed by atoms with E-state index in [1.54, 1.807) is 33.5 Å². The lowest BCUT2D eigenvalue weighted by molar-refractivity contribution is -0.119. The molecule has 0 heterocycles. The largest absolute Gasteiger partial charge is 0.493 e. The highest BCUT2D eigenvalue weighted by atomic mass is 16.5. The van der Waals surface area contributed by atoms with Crippen molar-refractivity contribution in [3.63, 3.8) is 0 Å². The summed E-state index contributed by atoms with van der Waals surface area (Å²) in [4.78, 5) is 24.8. The Labute approximate surface area is 182 Å². The third-order valence-corrected chi connectivity index (χ3v) is 5.34. The zero-order valence-corrected chi connectivity index (χ0v) is 18.7. The van der Waals surface area contributed by atoms with Crippen LogP contribution in [0.1, 0.15) is 43.9 Å². The van der Waals surface area contributed by atoms with E-state index in [4.69, 9.17) is 18.9 Å². The average Bonchev–Trinajstić information content (AvgIpc) is 2.99. The molecule has 7 heteroatoms. The molecular formula is C24H29NO6. The Balaban J connectivity index is 2.36. The van der Waals surface area contributed by atoms with E-state index in [0.29, 0.717) is 36.7 Å². The molecule has 0 aromatic heterocycles. The summed E-state index contributed by atoms with van der Waals surface area (Å²) >= 11 is 0. The molecule has 0 unspecified atom stereocenters. The van der Waals surface area contributed by atoms with Gasteiger partial charge in [0.2, 0.25) is 17.1 Å². The standard InChI is InChI=1S/C24H29NO6/c1-6-11-31-20-10-8-16-17(13-19(20)27)18(25-14(2)26)9-7-15-12-21(28-3)23(29-4)24(30-5)22(15)16/h8,10,12-13,18H,6-7,9,11H2,1-5H3,(H,25,26)/t18-/m0/s1. The van der Waals surface area contributed by atoms with Crippen molar-refractivity contribution < 1.29 is 23.7 Å². The predicted molar refractivity (Wildman–Crippen MR) is 118 cm³/mol. The van der Waals surface area contributed by atoms with Crippen molar-refractivity contribution in [1.82, 2.24) is 5.32 Å². The van der Waals surface area contributed by atoms with E-state index >= 15 is 0 Å². The summed E-state index contributed by atoms with van der Waals surface area (Å²) in [6.45, 7) is 3.90. The molecule has 0 saturated carbocycles. The number of hydrogen-bond donors (Lipinski definition) is 1. The SMILES string of the molecule is CCCOc1ccc2c(cc1=O)[C@@H](NC(C)=O)CCc1cc(OC)c(OC)c(OC)c1-2. The number of ether oxygens (including phenoxy) is 4. The van der Waals surface area contributed by atoms with E-state index in [2.05, 4.69) is 5.32 Å². The highest BCUT2D eigenvalue weighted by Gasteiger charge is 2.29. The van der Waals surface area contributed by atoms with Gasteiger partial charge in [-0.25, -0.2) is 0 Å². The Morgan fingerprint density at radius 2 is 1.81 bits per heavy atom. The molecule has 0 spiro atoms. The van der Waals surface area contributed by atoms with Gasteiger partial charge in [0, 0.05) is 12.5 Å². The first-order valence-corrected chi connectivity index (χ1v) is 10.3. The van der Waals surface area contributed by atoms with Crippen molar-refractivity contribution in [2.24, 2.45) is 0 Å². The maximum Gasteiger partial charge on any atom is 0.220 e. The smallest absolute Gasteiger partial charge is 0.220 e. The lowest BCUT2D eigenvalue weighted by atomic mass is 9.95. The van der Waals surface area contributed by atoms with Gasteiger partial charge in [0.1, 0.15) is 0 Å². The fourth-order valence-corrected chi connectivity index (χ4v) is 4.02. The van der Waals surface area contributed by atoms with Crippen LogP contribution in [-0.2, 0) is 11.2 Å². The summed E-state index contributed by atoms with van der Waals surface area (Å²) < 4.78 is 22.5. The Bertz CT molecular complexity index is 1030. The van der Waals surface area contributed by atoms with Crippen LogP contribution >= 0.6 is 0 Å². The Morgan fingerprint density at radius 3 is 2.42 bits per heavy atom. The third kappa shape index (κ3) is 4.45. The van der Waals surface area contributed by atoms with Gasteiger partial charge in [0.05, 0.1) is 34.0 Å². The maximum atomic E-state index is 12.9. The molecule has 1 atom stereocenters.